The molecule has 0 fully saturated rings. The zero-order valence-electron chi connectivity index (χ0n) is 13.3. The highest BCUT2D eigenvalue weighted by atomic mass is 35.5. The van der Waals surface area contributed by atoms with Gasteiger partial charge in [-0.05, 0) is 67.3 Å². The highest BCUT2D eigenvalue weighted by Gasteiger charge is 2.22. The Morgan fingerprint density at radius 1 is 1.25 bits per heavy atom. The number of carbonyl (C=O) groups excluding carboxylic acids is 1. The predicted octanol–water partition coefficient (Wildman–Crippen LogP) is 5.53. The Kier molecular flexibility index (Phi) is 5.21. The van der Waals surface area contributed by atoms with Gasteiger partial charge in [-0.2, -0.15) is 0 Å². The number of hydrogen-bond donors (Lipinski definition) is 0. The molecule has 1 atom stereocenters. The zero-order valence-corrected chi connectivity index (χ0v) is 14.1. The molecule has 0 aliphatic carbocycles. The van der Waals surface area contributed by atoms with Crippen LogP contribution in [0.15, 0.2) is 55.1 Å². The van der Waals surface area contributed by atoms with Crippen molar-refractivity contribution < 1.29 is 14.3 Å². The van der Waals surface area contributed by atoms with E-state index in [9.17, 15) is 4.79 Å². The molecule has 0 spiro atoms. The van der Waals surface area contributed by atoms with Crippen molar-refractivity contribution in [3.8, 4) is 17.2 Å². The van der Waals surface area contributed by atoms with Gasteiger partial charge in [-0.3, -0.25) is 4.79 Å². The quantitative estimate of drug-likeness (QED) is 0.647. The molecule has 0 saturated heterocycles. The molecule has 1 heterocycles. The smallest absolute Gasteiger partial charge is 0.155 e. The van der Waals surface area contributed by atoms with Crippen LogP contribution >= 0.6 is 11.6 Å². The molecule has 124 valence electrons. The first-order chi connectivity index (χ1) is 11.7. The Hall–Kier alpha value is -2.26. The fourth-order valence-electron chi connectivity index (χ4n) is 2.86. The van der Waals surface area contributed by atoms with Crippen LogP contribution in [0.5, 0.6) is 17.2 Å². The van der Waals surface area contributed by atoms with E-state index >= 15 is 0 Å². The van der Waals surface area contributed by atoms with Crippen molar-refractivity contribution in [3.63, 3.8) is 0 Å². The average molecular weight is 343 g/mol. The van der Waals surface area contributed by atoms with E-state index in [0.29, 0.717) is 24.0 Å². The summed E-state index contributed by atoms with van der Waals surface area (Å²) in [6, 6.07) is 13.1. The molecule has 3 nitrogen and oxygen atoms in total. The van der Waals surface area contributed by atoms with E-state index < -0.39 is 0 Å². The van der Waals surface area contributed by atoms with Crippen molar-refractivity contribution in [3.05, 3.63) is 65.7 Å². The summed E-state index contributed by atoms with van der Waals surface area (Å²) in [4.78, 5) is 11.5. The van der Waals surface area contributed by atoms with E-state index in [2.05, 4.69) is 6.58 Å². The fraction of sp³-hybridized carbons (Fsp3) is 0.250. The molecule has 1 aliphatic heterocycles. The number of benzene rings is 2. The molecule has 3 rings (SSSR count). The standard InChI is InChI=1S/C20H19ClO3/c1-2-16(22)6-3-14-11-12-23-20-10-9-18(13-19(14)20)24-17-7-4-15(21)5-8-17/h2,4-5,7-10,13-14H,1,3,6,11-12H2. The molecular formula is C20H19ClO3. The summed E-state index contributed by atoms with van der Waals surface area (Å²) in [5.41, 5.74) is 1.10. The molecule has 24 heavy (non-hydrogen) atoms. The Morgan fingerprint density at radius 2 is 2.00 bits per heavy atom. The molecule has 0 N–H and O–H groups in total. The van der Waals surface area contributed by atoms with Gasteiger partial charge in [0.05, 0.1) is 6.61 Å². The second kappa shape index (κ2) is 7.54. The summed E-state index contributed by atoms with van der Waals surface area (Å²) >= 11 is 5.89. The average Bonchev–Trinajstić information content (AvgIpc) is 2.61. The van der Waals surface area contributed by atoms with Crippen LogP contribution in [0.4, 0.5) is 0 Å². The van der Waals surface area contributed by atoms with E-state index in [1.54, 1.807) is 12.1 Å². The topological polar surface area (TPSA) is 35.5 Å². The van der Waals surface area contributed by atoms with E-state index in [-0.39, 0.29) is 5.78 Å². The second-order valence-electron chi connectivity index (χ2n) is 5.80. The maximum Gasteiger partial charge on any atom is 0.155 e. The number of ether oxygens (including phenoxy) is 2. The highest BCUT2D eigenvalue weighted by molar-refractivity contribution is 6.30. The van der Waals surface area contributed by atoms with E-state index in [4.69, 9.17) is 21.1 Å². The van der Waals surface area contributed by atoms with Crippen LogP contribution in [0.25, 0.3) is 0 Å². The van der Waals surface area contributed by atoms with Crippen LogP contribution in [-0.2, 0) is 4.79 Å². The third-order valence-corrected chi connectivity index (χ3v) is 4.41. The number of fused-ring (bicyclic) bond motifs is 1. The van der Waals surface area contributed by atoms with Crippen molar-refractivity contribution >= 4 is 17.4 Å². The van der Waals surface area contributed by atoms with Crippen LogP contribution in [0.3, 0.4) is 0 Å². The van der Waals surface area contributed by atoms with Gasteiger partial charge < -0.3 is 9.47 Å². The van der Waals surface area contributed by atoms with Crippen LogP contribution in [0, 0.1) is 0 Å². The van der Waals surface area contributed by atoms with E-state index in [1.165, 1.54) is 6.08 Å². The molecule has 0 aromatic heterocycles. The monoisotopic (exact) mass is 342 g/mol. The normalized spacial score (nSPS) is 16.0. The van der Waals surface area contributed by atoms with Crippen molar-refractivity contribution in [1.29, 1.82) is 0 Å². The lowest BCUT2D eigenvalue weighted by atomic mass is 9.88. The summed E-state index contributed by atoms with van der Waals surface area (Å²) in [6.45, 7) is 4.21. The van der Waals surface area contributed by atoms with Crippen LogP contribution in [0.1, 0.15) is 30.7 Å². The minimum absolute atomic E-state index is 0.0802. The van der Waals surface area contributed by atoms with E-state index in [1.807, 2.05) is 30.3 Å². The molecule has 0 amide bonds. The van der Waals surface area contributed by atoms with Crippen LogP contribution < -0.4 is 9.47 Å². The maximum absolute atomic E-state index is 11.5. The van der Waals surface area contributed by atoms with Gasteiger partial charge in [0, 0.05) is 17.0 Å². The summed E-state index contributed by atoms with van der Waals surface area (Å²) in [5.74, 6) is 2.74. The first kappa shape index (κ1) is 16.6. The third-order valence-electron chi connectivity index (χ3n) is 4.16. The largest absolute Gasteiger partial charge is 0.493 e. The minimum Gasteiger partial charge on any atom is -0.493 e. The van der Waals surface area contributed by atoms with Crippen molar-refractivity contribution in [2.75, 3.05) is 6.61 Å². The lowest BCUT2D eigenvalue weighted by Crippen LogP contribution is -2.15. The first-order valence-corrected chi connectivity index (χ1v) is 8.39. The first-order valence-electron chi connectivity index (χ1n) is 8.01. The molecule has 1 aliphatic rings. The van der Waals surface area contributed by atoms with Gasteiger partial charge >= 0.3 is 0 Å². The van der Waals surface area contributed by atoms with Gasteiger partial charge in [-0.15, -0.1) is 0 Å². The summed E-state index contributed by atoms with van der Waals surface area (Å²) in [5, 5.41) is 0.674. The molecule has 2 aromatic rings. The zero-order chi connectivity index (χ0) is 16.9. The summed E-state index contributed by atoms with van der Waals surface area (Å²) in [6.07, 6.45) is 3.60. The summed E-state index contributed by atoms with van der Waals surface area (Å²) in [7, 11) is 0. The SMILES string of the molecule is C=CC(=O)CCC1CCOc2ccc(Oc3ccc(Cl)cc3)cc21. The fourth-order valence-corrected chi connectivity index (χ4v) is 2.99. The maximum atomic E-state index is 11.5. The van der Waals surface area contributed by atoms with Crippen LogP contribution in [-0.4, -0.2) is 12.4 Å². The van der Waals surface area contributed by atoms with Gasteiger partial charge in [-0.1, -0.05) is 18.2 Å². The molecular weight excluding hydrogens is 324 g/mol. The molecule has 4 heteroatoms. The Labute approximate surface area is 146 Å². The highest BCUT2D eigenvalue weighted by Crippen LogP contribution is 2.39. The van der Waals surface area contributed by atoms with Gasteiger partial charge in [-0.25, -0.2) is 0 Å². The summed E-state index contributed by atoms with van der Waals surface area (Å²) < 4.78 is 11.6. The molecule has 0 saturated carbocycles. The number of ketones is 1. The molecule has 2 aromatic carbocycles. The van der Waals surface area contributed by atoms with E-state index in [0.717, 1.165) is 35.7 Å². The second-order valence-corrected chi connectivity index (χ2v) is 6.24. The molecule has 0 radical (unpaired) electrons. The number of halogens is 1. The number of allylic oxidation sites excluding steroid dienone is 1. The number of carbonyl (C=O) groups is 1. The third kappa shape index (κ3) is 3.98. The van der Waals surface area contributed by atoms with Crippen molar-refractivity contribution in [2.45, 2.75) is 25.2 Å². The molecule has 0 bridgehead atoms. The lowest BCUT2D eigenvalue weighted by Gasteiger charge is -2.26. The lowest BCUT2D eigenvalue weighted by molar-refractivity contribution is -0.114. The Bertz CT molecular complexity index is 737. The van der Waals surface area contributed by atoms with Gasteiger partial charge in [0.1, 0.15) is 17.2 Å². The Morgan fingerprint density at radius 3 is 2.75 bits per heavy atom. The molecule has 1 unspecified atom stereocenters. The van der Waals surface area contributed by atoms with Gasteiger partial charge in [0.25, 0.3) is 0 Å². The van der Waals surface area contributed by atoms with Gasteiger partial charge in [0.2, 0.25) is 0 Å². The van der Waals surface area contributed by atoms with Crippen LogP contribution in [0.2, 0.25) is 5.02 Å². The number of rotatable bonds is 6. The van der Waals surface area contributed by atoms with Crippen molar-refractivity contribution in [2.24, 2.45) is 0 Å². The van der Waals surface area contributed by atoms with Gasteiger partial charge in [0.15, 0.2) is 5.78 Å². The Balaban J connectivity index is 1.78. The van der Waals surface area contributed by atoms with Crippen molar-refractivity contribution in [1.82, 2.24) is 0 Å². The number of hydrogen-bond acceptors (Lipinski definition) is 3. The minimum atomic E-state index is 0.0802. The predicted molar refractivity (Wildman–Crippen MR) is 95.3 cm³/mol.